The van der Waals surface area contributed by atoms with E-state index in [2.05, 4.69) is 10.3 Å². The maximum Gasteiger partial charge on any atom is 0.262 e. The van der Waals surface area contributed by atoms with E-state index in [0.717, 1.165) is 17.3 Å². The number of hydrogen-bond donors (Lipinski definition) is 1. The predicted molar refractivity (Wildman–Crippen MR) is 129 cm³/mol. The first-order valence-electron chi connectivity index (χ1n) is 9.95. The molecule has 0 aliphatic carbocycles. The van der Waals surface area contributed by atoms with Crippen molar-refractivity contribution in [2.75, 3.05) is 18.2 Å². The summed E-state index contributed by atoms with van der Waals surface area (Å²) in [7, 11) is 1.37. The van der Waals surface area contributed by atoms with E-state index < -0.39 is 5.82 Å². The number of hydrogen-bond acceptors (Lipinski definition) is 5. The van der Waals surface area contributed by atoms with Crippen molar-refractivity contribution < 1.29 is 13.9 Å². The normalized spacial score (nSPS) is 10.9. The Balaban J connectivity index is 1.58. The Morgan fingerprint density at radius 1 is 1.15 bits per heavy atom. The number of aromatic nitrogens is 2. The van der Waals surface area contributed by atoms with Crippen LogP contribution in [0.15, 0.2) is 76.7 Å². The first kappa shape index (κ1) is 22.8. The van der Waals surface area contributed by atoms with Gasteiger partial charge in [-0.25, -0.2) is 9.37 Å². The second-order valence-electron chi connectivity index (χ2n) is 7.12. The van der Waals surface area contributed by atoms with Crippen molar-refractivity contribution in [1.29, 1.82) is 0 Å². The molecule has 1 amide bonds. The number of benzene rings is 3. The van der Waals surface area contributed by atoms with Gasteiger partial charge in [-0.2, -0.15) is 0 Å². The third-order valence-electron chi connectivity index (χ3n) is 4.85. The summed E-state index contributed by atoms with van der Waals surface area (Å²) in [5.74, 6) is -0.853. The Hall–Kier alpha value is -3.36. The number of carbonyl (C=O) groups excluding carboxylic acids is 1. The minimum Gasteiger partial charge on any atom is -0.494 e. The van der Waals surface area contributed by atoms with E-state index >= 15 is 0 Å². The van der Waals surface area contributed by atoms with Crippen LogP contribution in [0.25, 0.3) is 10.9 Å². The molecule has 0 bridgehead atoms. The summed E-state index contributed by atoms with van der Waals surface area (Å²) in [6.07, 6.45) is 0. The number of para-hydroxylation sites is 1. The van der Waals surface area contributed by atoms with Gasteiger partial charge in [-0.3, -0.25) is 14.2 Å². The summed E-state index contributed by atoms with van der Waals surface area (Å²) in [5.41, 5.74) is 1.54. The Kier molecular flexibility index (Phi) is 6.96. The lowest BCUT2D eigenvalue weighted by atomic mass is 10.2. The number of halogens is 2. The number of methoxy groups -OCH3 is 1. The summed E-state index contributed by atoms with van der Waals surface area (Å²) in [5, 5.41) is 4.15. The molecule has 1 aromatic heterocycles. The average Bonchev–Trinajstić information content (AvgIpc) is 2.81. The highest BCUT2D eigenvalue weighted by molar-refractivity contribution is 7.99. The molecule has 1 N–H and O–H groups in total. The zero-order chi connectivity index (χ0) is 23.4. The van der Waals surface area contributed by atoms with Gasteiger partial charge >= 0.3 is 0 Å². The van der Waals surface area contributed by atoms with Crippen molar-refractivity contribution in [1.82, 2.24) is 9.55 Å². The monoisotopic (exact) mass is 483 g/mol. The van der Waals surface area contributed by atoms with E-state index in [1.807, 2.05) is 12.1 Å². The van der Waals surface area contributed by atoms with Crippen LogP contribution in [0.3, 0.4) is 0 Å². The number of ether oxygens (including phenoxy) is 1. The fraction of sp³-hybridized carbons (Fsp3) is 0.125. The molecule has 0 radical (unpaired) electrons. The van der Waals surface area contributed by atoms with Gasteiger partial charge in [0.15, 0.2) is 16.7 Å². The quantitative estimate of drug-likeness (QED) is 0.296. The maximum absolute atomic E-state index is 13.9. The zero-order valence-corrected chi connectivity index (χ0v) is 19.1. The van der Waals surface area contributed by atoms with E-state index in [4.69, 9.17) is 16.3 Å². The van der Waals surface area contributed by atoms with Crippen LogP contribution in [0.4, 0.5) is 10.1 Å². The number of amides is 1. The van der Waals surface area contributed by atoms with E-state index in [9.17, 15) is 14.0 Å². The first-order valence-corrected chi connectivity index (χ1v) is 11.3. The lowest BCUT2D eigenvalue weighted by molar-refractivity contribution is -0.113. The van der Waals surface area contributed by atoms with Gasteiger partial charge in [-0.05, 0) is 42.0 Å². The molecule has 3 aromatic carbocycles. The lowest BCUT2D eigenvalue weighted by Crippen LogP contribution is -2.24. The summed E-state index contributed by atoms with van der Waals surface area (Å²) in [6, 6.07) is 18.4. The van der Waals surface area contributed by atoms with Crippen LogP contribution >= 0.6 is 23.4 Å². The fourth-order valence-corrected chi connectivity index (χ4v) is 4.17. The predicted octanol–water partition coefficient (Wildman–Crippen LogP) is 4.98. The molecule has 168 valence electrons. The molecule has 4 aromatic rings. The van der Waals surface area contributed by atoms with E-state index in [-0.39, 0.29) is 29.5 Å². The van der Waals surface area contributed by atoms with Crippen molar-refractivity contribution in [3.63, 3.8) is 0 Å². The standard InChI is InChI=1S/C24H19ClFN3O3S/c1-32-21-11-10-17(12-19(21)26)27-22(30)14-33-24-28-20-5-3-2-4-18(20)23(31)29(24)13-15-6-8-16(25)9-7-15/h2-12H,13-14H2,1H3,(H,27,30). The van der Waals surface area contributed by atoms with Crippen molar-refractivity contribution >= 4 is 45.9 Å². The molecule has 33 heavy (non-hydrogen) atoms. The van der Waals surface area contributed by atoms with Gasteiger partial charge in [0.05, 0.1) is 30.3 Å². The van der Waals surface area contributed by atoms with Crippen LogP contribution < -0.4 is 15.6 Å². The van der Waals surface area contributed by atoms with Gasteiger partial charge < -0.3 is 10.1 Å². The van der Waals surface area contributed by atoms with Crippen molar-refractivity contribution in [2.45, 2.75) is 11.7 Å². The molecule has 4 rings (SSSR count). The van der Waals surface area contributed by atoms with E-state index in [0.29, 0.717) is 26.8 Å². The van der Waals surface area contributed by atoms with Crippen LogP contribution in [0.1, 0.15) is 5.56 Å². The van der Waals surface area contributed by atoms with Gasteiger partial charge in [0, 0.05) is 16.8 Å². The fourth-order valence-electron chi connectivity index (χ4n) is 3.24. The highest BCUT2D eigenvalue weighted by atomic mass is 35.5. The molecule has 0 unspecified atom stereocenters. The first-order chi connectivity index (χ1) is 15.9. The smallest absolute Gasteiger partial charge is 0.262 e. The Morgan fingerprint density at radius 2 is 1.91 bits per heavy atom. The molecule has 0 fully saturated rings. The maximum atomic E-state index is 13.9. The third kappa shape index (κ3) is 5.35. The number of thioether (sulfide) groups is 1. The van der Waals surface area contributed by atoms with E-state index in [1.165, 1.54) is 23.8 Å². The van der Waals surface area contributed by atoms with Gasteiger partial charge in [0.1, 0.15) is 0 Å². The SMILES string of the molecule is COc1ccc(NC(=O)CSc2nc3ccccc3c(=O)n2Cc2ccc(Cl)cc2)cc1F. The highest BCUT2D eigenvalue weighted by Gasteiger charge is 2.14. The second-order valence-corrected chi connectivity index (χ2v) is 8.49. The minimum atomic E-state index is -0.573. The molecular formula is C24H19ClFN3O3S. The number of nitrogens with one attached hydrogen (secondary N) is 1. The molecular weight excluding hydrogens is 465 g/mol. The summed E-state index contributed by atoms with van der Waals surface area (Å²) in [4.78, 5) is 30.3. The molecule has 0 saturated carbocycles. The molecule has 6 nitrogen and oxygen atoms in total. The molecule has 9 heteroatoms. The number of fused-ring (bicyclic) bond motifs is 1. The summed E-state index contributed by atoms with van der Waals surface area (Å²) >= 11 is 7.11. The van der Waals surface area contributed by atoms with Gasteiger partial charge in [-0.15, -0.1) is 0 Å². The largest absolute Gasteiger partial charge is 0.494 e. The summed E-state index contributed by atoms with van der Waals surface area (Å²) < 4.78 is 20.3. The van der Waals surface area contributed by atoms with Gasteiger partial charge in [0.2, 0.25) is 5.91 Å². The van der Waals surface area contributed by atoms with Crippen LogP contribution in [0.5, 0.6) is 5.75 Å². The van der Waals surface area contributed by atoms with E-state index in [1.54, 1.807) is 42.5 Å². The molecule has 0 aliphatic rings. The van der Waals surface area contributed by atoms with Crippen LogP contribution in [0, 0.1) is 5.82 Å². The van der Waals surface area contributed by atoms with Crippen molar-refractivity contribution in [2.24, 2.45) is 0 Å². The minimum absolute atomic E-state index is 0.0148. The highest BCUT2D eigenvalue weighted by Crippen LogP contribution is 2.22. The van der Waals surface area contributed by atoms with Gasteiger partial charge in [-0.1, -0.05) is 47.6 Å². The molecule has 0 saturated heterocycles. The van der Waals surface area contributed by atoms with Crippen molar-refractivity contribution in [3.8, 4) is 5.75 Å². The molecule has 0 atom stereocenters. The van der Waals surface area contributed by atoms with Crippen LogP contribution in [0.2, 0.25) is 5.02 Å². The number of anilines is 1. The number of nitrogens with zero attached hydrogens (tertiary/aromatic N) is 2. The second kappa shape index (κ2) is 10.1. The van der Waals surface area contributed by atoms with Crippen LogP contribution in [-0.4, -0.2) is 28.3 Å². The molecule has 0 aliphatic heterocycles. The van der Waals surface area contributed by atoms with Gasteiger partial charge in [0.25, 0.3) is 5.56 Å². The van der Waals surface area contributed by atoms with Crippen molar-refractivity contribution in [3.05, 3.63) is 93.5 Å². The number of rotatable bonds is 7. The topological polar surface area (TPSA) is 73.2 Å². The zero-order valence-electron chi connectivity index (χ0n) is 17.5. The third-order valence-corrected chi connectivity index (χ3v) is 6.08. The average molecular weight is 484 g/mol. The summed E-state index contributed by atoms with van der Waals surface area (Å²) in [6.45, 7) is 0.279. The lowest BCUT2D eigenvalue weighted by Gasteiger charge is -2.13. The van der Waals surface area contributed by atoms with Crippen LogP contribution in [-0.2, 0) is 11.3 Å². The Morgan fingerprint density at radius 3 is 2.64 bits per heavy atom. The Labute approximate surface area is 198 Å². The Bertz CT molecular complexity index is 1380. The molecule has 1 heterocycles. The molecule has 0 spiro atoms. The number of carbonyl (C=O) groups is 1.